The number of hydrogen-bond acceptors (Lipinski definition) is 3. The maximum Gasteiger partial charge on any atom is 0.0791 e. The highest BCUT2D eigenvalue weighted by molar-refractivity contribution is 4.83. The molecule has 0 rings (SSSR count). The second kappa shape index (κ2) is 8.06. The van der Waals surface area contributed by atoms with Gasteiger partial charge >= 0.3 is 0 Å². The van der Waals surface area contributed by atoms with Gasteiger partial charge in [0.25, 0.3) is 0 Å². The Hall–Kier alpha value is -0.560. The van der Waals surface area contributed by atoms with Gasteiger partial charge in [0, 0.05) is 19.5 Å². The van der Waals surface area contributed by atoms with Crippen molar-refractivity contribution in [2.75, 3.05) is 33.7 Å². The number of rotatable bonds is 7. The minimum Gasteiger partial charge on any atom is -0.390 e. The molecule has 0 aromatic heterocycles. The highest BCUT2D eigenvalue weighted by atomic mass is 16.3. The molecule has 13 heavy (non-hydrogen) atoms. The van der Waals surface area contributed by atoms with E-state index in [-0.39, 0.29) is 6.10 Å². The molecule has 0 fully saturated rings. The Balaban J connectivity index is 3.18. The maximum absolute atomic E-state index is 9.43. The van der Waals surface area contributed by atoms with Crippen molar-refractivity contribution < 1.29 is 5.11 Å². The van der Waals surface area contributed by atoms with Gasteiger partial charge < -0.3 is 15.3 Å². The van der Waals surface area contributed by atoms with Crippen LogP contribution in [0.4, 0.5) is 0 Å². The summed E-state index contributed by atoms with van der Waals surface area (Å²) in [4.78, 5) is 1.97. The molecule has 0 bridgehead atoms. The van der Waals surface area contributed by atoms with Gasteiger partial charge in [-0.2, -0.15) is 0 Å². The van der Waals surface area contributed by atoms with Crippen LogP contribution in [0.2, 0.25) is 0 Å². The Morgan fingerprint density at radius 1 is 1.54 bits per heavy atom. The first-order valence-corrected chi connectivity index (χ1v) is 4.63. The molecule has 0 saturated carbocycles. The molecular formula is C10H20N2O. The summed E-state index contributed by atoms with van der Waals surface area (Å²) in [5.74, 6) is 2.58. The topological polar surface area (TPSA) is 35.5 Å². The number of hydrogen-bond donors (Lipinski definition) is 2. The average Bonchev–Trinajstić information content (AvgIpc) is 2.02. The molecule has 2 N–H and O–H groups in total. The summed E-state index contributed by atoms with van der Waals surface area (Å²) in [5.41, 5.74) is 0. The van der Waals surface area contributed by atoms with Crippen LogP contribution in [-0.2, 0) is 0 Å². The van der Waals surface area contributed by atoms with Gasteiger partial charge in [0.2, 0.25) is 0 Å². The summed E-state index contributed by atoms with van der Waals surface area (Å²) in [7, 11) is 3.89. The first-order chi connectivity index (χ1) is 6.16. The van der Waals surface area contributed by atoms with Crippen LogP contribution in [0.15, 0.2) is 0 Å². The highest BCUT2D eigenvalue weighted by Crippen LogP contribution is 1.86. The fourth-order valence-corrected chi connectivity index (χ4v) is 1.07. The van der Waals surface area contributed by atoms with E-state index in [1.807, 2.05) is 19.0 Å². The maximum atomic E-state index is 9.43. The Morgan fingerprint density at radius 3 is 2.77 bits per heavy atom. The Morgan fingerprint density at radius 2 is 2.23 bits per heavy atom. The Labute approximate surface area is 81.1 Å². The van der Waals surface area contributed by atoms with E-state index in [1.54, 1.807) is 0 Å². The van der Waals surface area contributed by atoms with Crippen molar-refractivity contribution in [3.63, 3.8) is 0 Å². The van der Waals surface area contributed by atoms with Gasteiger partial charge in [0.15, 0.2) is 0 Å². The van der Waals surface area contributed by atoms with E-state index in [4.69, 9.17) is 6.42 Å². The normalized spacial score (nSPS) is 12.8. The molecule has 0 aromatic carbocycles. The van der Waals surface area contributed by atoms with Crippen LogP contribution in [0.1, 0.15) is 12.8 Å². The quantitative estimate of drug-likeness (QED) is 0.429. The van der Waals surface area contributed by atoms with E-state index in [0.717, 1.165) is 19.4 Å². The van der Waals surface area contributed by atoms with E-state index < -0.39 is 0 Å². The molecule has 0 aliphatic heterocycles. The van der Waals surface area contributed by atoms with Gasteiger partial charge in [-0.3, -0.25) is 0 Å². The molecule has 76 valence electrons. The zero-order valence-corrected chi connectivity index (χ0v) is 8.58. The Kier molecular flexibility index (Phi) is 7.71. The van der Waals surface area contributed by atoms with Crippen molar-refractivity contribution in [3.05, 3.63) is 0 Å². The molecular weight excluding hydrogens is 164 g/mol. The predicted molar refractivity (Wildman–Crippen MR) is 55.5 cm³/mol. The lowest BCUT2D eigenvalue weighted by Crippen LogP contribution is -2.35. The highest BCUT2D eigenvalue weighted by Gasteiger charge is 2.03. The number of aliphatic hydroxyl groups is 1. The molecule has 0 aliphatic carbocycles. The lowest BCUT2D eigenvalue weighted by Gasteiger charge is -2.16. The SMILES string of the molecule is C#CCCCNCC(O)CN(C)C. The van der Waals surface area contributed by atoms with Crippen LogP contribution < -0.4 is 5.32 Å². The molecule has 3 heteroatoms. The summed E-state index contributed by atoms with van der Waals surface area (Å²) in [6.45, 7) is 2.22. The lowest BCUT2D eigenvalue weighted by molar-refractivity contribution is 0.135. The number of nitrogens with zero attached hydrogens (tertiary/aromatic N) is 1. The molecule has 1 atom stereocenters. The molecule has 3 nitrogen and oxygen atoms in total. The minimum atomic E-state index is -0.291. The summed E-state index contributed by atoms with van der Waals surface area (Å²) >= 11 is 0. The van der Waals surface area contributed by atoms with Crippen molar-refractivity contribution in [3.8, 4) is 12.3 Å². The van der Waals surface area contributed by atoms with Gasteiger partial charge in [0.05, 0.1) is 6.10 Å². The van der Waals surface area contributed by atoms with E-state index in [1.165, 1.54) is 0 Å². The number of likely N-dealkylation sites (N-methyl/N-ethyl adjacent to an activating group) is 1. The zero-order valence-electron chi connectivity index (χ0n) is 8.58. The second-order valence-corrected chi connectivity index (χ2v) is 3.43. The third-order valence-corrected chi connectivity index (χ3v) is 1.63. The lowest BCUT2D eigenvalue weighted by atomic mass is 10.3. The first-order valence-electron chi connectivity index (χ1n) is 4.63. The van der Waals surface area contributed by atoms with E-state index >= 15 is 0 Å². The molecule has 1 unspecified atom stereocenters. The Bertz CT molecular complexity index is 151. The standard InChI is InChI=1S/C10H20N2O/c1-4-5-6-7-11-8-10(13)9-12(2)3/h1,10-11,13H,5-9H2,2-3H3. The smallest absolute Gasteiger partial charge is 0.0791 e. The third-order valence-electron chi connectivity index (χ3n) is 1.63. The number of nitrogens with one attached hydrogen (secondary N) is 1. The van der Waals surface area contributed by atoms with Crippen molar-refractivity contribution >= 4 is 0 Å². The van der Waals surface area contributed by atoms with Gasteiger partial charge in [-0.05, 0) is 27.1 Å². The summed E-state index contributed by atoms with van der Waals surface area (Å²) in [6.07, 6.45) is 6.59. The fraction of sp³-hybridized carbons (Fsp3) is 0.800. The third kappa shape index (κ3) is 9.35. The van der Waals surface area contributed by atoms with Crippen LogP contribution in [-0.4, -0.2) is 49.8 Å². The van der Waals surface area contributed by atoms with Crippen LogP contribution in [0.25, 0.3) is 0 Å². The second-order valence-electron chi connectivity index (χ2n) is 3.43. The number of unbranched alkanes of at least 4 members (excludes halogenated alkanes) is 1. The van der Waals surface area contributed by atoms with Crippen LogP contribution >= 0.6 is 0 Å². The van der Waals surface area contributed by atoms with Crippen molar-refractivity contribution in [2.24, 2.45) is 0 Å². The van der Waals surface area contributed by atoms with Crippen molar-refractivity contribution in [2.45, 2.75) is 18.9 Å². The summed E-state index contributed by atoms with van der Waals surface area (Å²) in [5, 5.41) is 12.6. The largest absolute Gasteiger partial charge is 0.390 e. The van der Waals surface area contributed by atoms with Gasteiger partial charge in [-0.15, -0.1) is 12.3 Å². The molecule has 0 heterocycles. The number of aliphatic hydroxyl groups excluding tert-OH is 1. The van der Waals surface area contributed by atoms with Gasteiger partial charge in [-0.25, -0.2) is 0 Å². The summed E-state index contributed by atoms with van der Waals surface area (Å²) in [6, 6.07) is 0. The predicted octanol–water partition coefficient (Wildman–Crippen LogP) is -0.0881. The van der Waals surface area contributed by atoms with Crippen molar-refractivity contribution in [1.82, 2.24) is 10.2 Å². The van der Waals surface area contributed by atoms with E-state index in [2.05, 4.69) is 11.2 Å². The molecule has 0 radical (unpaired) electrons. The van der Waals surface area contributed by atoms with Crippen molar-refractivity contribution in [1.29, 1.82) is 0 Å². The summed E-state index contributed by atoms with van der Waals surface area (Å²) < 4.78 is 0. The number of terminal acetylenes is 1. The van der Waals surface area contributed by atoms with Gasteiger partial charge in [0.1, 0.15) is 0 Å². The van der Waals surface area contributed by atoms with Crippen LogP contribution in [0.5, 0.6) is 0 Å². The fourth-order valence-electron chi connectivity index (χ4n) is 1.07. The molecule has 0 aromatic rings. The zero-order chi connectivity index (χ0) is 10.1. The molecule has 0 amide bonds. The minimum absolute atomic E-state index is 0.291. The van der Waals surface area contributed by atoms with Crippen LogP contribution in [0, 0.1) is 12.3 Å². The average molecular weight is 184 g/mol. The van der Waals surface area contributed by atoms with E-state index in [9.17, 15) is 5.11 Å². The molecule has 0 aliphatic rings. The molecule has 0 spiro atoms. The first kappa shape index (κ1) is 12.4. The van der Waals surface area contributed by atoms with Crippen LogP contribution in [0.3, 0.4) is 0 Å². The van der Waals surface area contributed by atoms with Gasteiger partial charge in [-0.1, -0.05) is 0 Å². The molecule has 0 saturated heterocycles. The monoisotopic (exact) mass is 184 g/mol. The van der Waals surface area contributed by atoms with E-state index in [0.29, 0.717) is 13.1 Å².